The first-order valence-electron chi connectivity index (χ1n) is 12.3. The Kier molecular flexibility index (Phi) is 5.33. The highest BCUT2D eigenvalue weighted by Crippen LogP contribution is 2.27. The van der Waals surface area contributed by atoms with Crippen LogP contribution in [0.1, 0.15) is 25.3 Å². The third-order valence-electron chi connectivity index (χ3n) is 7.16. The van der Waals surface area contributed by atoms with Gasteiger partial charge < -0.3 is 15.2 Å². The van der Waals surface area contributed by atoms with Crippen LogP contribution in [0.5, 0.6) is 0 Å². The summed E-state index contributed by atoms with van der Waals surface area (Å²) in [6.07, 6.45) is 5.25. The van der Waals surface area contributed by atoms with Gasteiger partial charge >= 0.3 is 5.69 Å². The molecule has 0 aliphatic carbocycles. The topological polar surface area (TPSA) is 117 Å². The lowest BCUT2D eigenvalue weighted by molar-refractivity contribution is 0.494. The SMILES string of the molecule is CCn1c(N2CCC[C@@H](N)C2)nc2c1c(=O)n(Cc1cc3nccnc3c3ccccc13)c(=O)n2C. The van der Waals surface area contributed by atoms with Crippen molar-refractivity contribution in [1.29, 1.82) is 0 Å². The molecule has 1 saturated heterocycles. The monoisotopic (exact) mass is 484 g/mol. The molecule has 0 saturated carbocycles. The maximum absolute atomic E-state index is 13.9. The van der Waals surface area contributed by atoms with Gasteiger partial charge in [0.1, 0.15) is 0 Å². The molecule has 2 aromatic carbocycles. The second-order valence-corrected chi connectivity index (χ2v) is 9.41. The van der Waals surface area contributed by atoms with Crippen LogP contribution in [-0.2, 0) is 20.1 Å². The maximum atomic E-state index is 13.9. The lowest BCUT2D eigenvalue weighted by atomic mass is 10.0. The Bertz CT molecular complexity index is 1750. The van der Waals surface area contributed by atoms with Gasteiger partial charge in [0, 0.05) is 50.5 Å². The van der Waals surface area contributed by atoms with Gasteiger partial charge in [0.05, 0.1) is 17.6 Å². The fraction of sp³-hybridized carbons (Fsp3) is 0.346. The van der Waals surface area contributed by atoms with Crippen LogP contribution in [0.25, 0.3) is 33.0 Å². The largest absolute Gasteiger partial charge is 0.341 e. The molecule has 2 N–H and O–H groups in total. The lowest BCUT2D eigenvalue weighted by Crippen LogP contribution is -2.44. The van der Waals surface area contributed by atoms with E-state index in [9.17, 15) is 9.59 Å². The van der Waals surface area contributed by atoms with Crippen LogP contribution < -0.4 is 21.9 Å². The summed E-state index contributed by atoms with van der Waals surface area (Å²) < 4.78 is 4.68. The second kappa shape index (κ2) is 8.56. The molecule has 0 bridgehead atoms. The van der Waals surface area contributed by atoms with Gasteiger partial charge in [0.2, 0.25) is 5.95 Å². The summed E-state index contributed by atoms with van der Waals surface area (Å²) in [5.41, 5.74) is 8.64. The molecular formula is C26H28N8O2. The highest BCUT2D eigenvalue weighted by Gasteiger charge is 2.26. The van der Waals surface area contributed by atoms with Crippen LogP contribution in [0, 0.1) is 0 Å². The Hall–Kier alpha value is -4.05. The number of piperidine rings is 1. The second-order valence-electron chi connectivity index (χ2n) is 9.41. The first-order chi connectivity index (χ1) is 17.5. The molecule has 0 unspecified atom stereocenters. The summed E-state index contributed by atoms with van der Waals surface area (Å²) in [5, 5.41) is 1.87. The van der Waals surface area contributed by atoms with E-state index >= 15 is 0 Å². The number of imidazole rings is 1. The van der Waals surface area contributed by atoms with Crippen molar-refractivity contribution < 1.29 is 0 Å². The first kappa shape index (κ1) is 22.4. The number of anilines is 1. The van der Waals surface area contributed by atoms with Crippen LogP contribution in [0.2, 0.25) is 0 Å². The van der Waals surface area contributed by atoms with E-state index in [1.165, 1.54) is 9.13 Å². The Balaban J connectivity index is 1.56. The summed E-state index contributed by atoms with van der Waals surface area (Å²) in [5.74, 6) is 0.693. The van der Waals surface area contributed by atoms with Crippen molar-refractivity contribution in [2.45, 2.75) is 38.9 Å². The predicted octanol–water partition coefficient (Wildman–Crippen LogP) is 1.99. The van der Waals surface area contributed by atoms with E-state index in [4.69, 9.17) is 10.7 Å². The molecule has 0 amide bonds. The van der Waals surface area contributed by atoms with E-state index in [-0.39, 0.29) is 18.1 Å². The molecule has 1 fully saturated rings. The quantitative estimate of drug-likeness (QED) is 0.388. The van der Waals surface area contributed by atoms with E-state index in [0.717, 1.165) is 46.8 Å². The third kappa shape index (κ3) is 3.40. The third-order valence-corrected chi connectivity index (χ3v) is 7.16. The number of aromatic nitrogens is 6. The zero-order valence-corrected chi connectivity index (χ0v) is 20.4. The lowest BCUT2D eigenvalue weighted by Gasteiger charge is -2.31. The minimum Gasteiger partial charge on any atom is -0.341 e. The Morgan fingerprint density at radius 3 is 2.64 bits per heavy atom. The van der Waals surface area contributed by atoms with Crippen LogP contribution in [0.3, 0.4) is 0 Å². The van der Waals surface area contributed by atoms with Gasteiger partial charge in [0.25, 0.3) is 5.56 Å². The average molecular weight is 485 g/mol. The number of fused-ring (bicyclic) bond motifs is 4. The van der Waals surface area contributed by atoms with Crippen molar-refractivity contribution in [1.82, 2.24) is 28.7 Å². The highest BCUT2D eigenvalue weighted by atomic mass is 16.2. The first-order valence-corrected chi connectivity index (χ1v) is 12.3. The molecule has 1 aliphatic heterocycles. The minimum atomic E-state index is -0.404. The van der Waals surface area contributed by atoms with Crippen LogP contribution in [-0.4, -0.2) is 47.8 Å². The number of hydrogen-bond donors (Lipinski definition) is 1. The van der Waals surface area contributed by atoms with Crippen molar-refractivity contribution in [3.05, 3.63) is 69.1 Å². The van der Waals surface area contributed by atoms with Gasteiger partial charge in [-0.2, -0.15) is 4.98 Å². The molecule has 0 spiro atoms. The number of benzene rings is 2. The van der Waals surface area contributed by atoms with E-state index < -0.39 is 5.69 Å². The van der Waals surface area contributed by atoms with Gasteiger partial charge in [-0.1, -0.05) is 24.3 Å². The zero-order chi connectivity index (χ0) is 25.0. The molecule has 4 heterocycles. The Morgan fingerprint density at radius 1 is 1.08 bits per heavy atom. The number of nitrogens with zero attached hydrogens (tertiary/aromatic N) is 7. The molecule has 1 atom stereocenters. The maximum Gasteiger partial charge on any atom is 0.332 e. The molecule has 10 heteroatoms. The molecule has 36 heavy (non-hydrogen) atoms. The molecule has 0 radical (unpaired) electrons. The number of nitrogens with two attached hydrogens (primary N) is 1. The summed E-state index contributed by atoms with van der Waals surface area (Å²) >= 11 is 0. The zero-order valence-electron chi connectivity index (χ0n) is 20.4. The van der Waals surface area contributed by atoms with E-state index in [1.807, 2.05) is 41.8 Å². The van der Waals surface area contributed by atoms with Gasteiger partial charge in [0.15, 0.2) is 11.2 Å². The summed E-state index contributed by atoms with van der Waals surface area (Å²) in [6.45, 7) is 4.16. The van der Waals surface area contributed by atoms with Crippen LogP contribution in [0.4, 0.5) is 5.95 Å². The van der Waals surface area contributed by atoms with Gasteiger partial charge in [-0.3, -0.25) is 23.9 Å². The standard InChI is InChI=1S/C26H28N8O2/c1-3-33-22-23(30-25(33)32-12-6-7-17(27)15-32)31(2)26(36)34(24(22)35)14-16-13-20-21(29-11-10-28-20)19-9-5-4-8-18(16)19/h4-5,8-11,13,17H,3,6-7,12,14-15,27H2,1-2H3/t17-/m1/s1. The van der Waals surface area contributed by atoms with Gasteiger partial charge in [-0.15, -0.1) is 0 Å². The molecule has 1 aliphatic rings. The number of hydrogen-bond acceptors (Lipinski definition) is 7. The average Bonchev–Trinajstić information content (AvgIpc) is 3.30. The van der Waals surface area contributed by atoms with E-state index in [1.54, 1.807) is 19.4 Å². The molecule has 10 nitrogen and oxygen atoms in total. The number of aryl methyl sites for hydroxylation is 2. The van der Waals surface area contributed by atoms with E-state index in [2.05, 4.69) is 14.9 Å². The highest BCUT2D eigenvalue weighted by molar-refractivity contribution is 6.05. The Morgan fingerprint density at radius 2 is 1.86 bits per heavy atom. The minimum absolute atomic E-state index is 0.0635. The van der Waals surface area contributed by atoms with Crippen molar-refractivity contribution in [2.75, 3.05) is 18.0 Å². The van der Waals surface area contributed by atoms with Gasteiger partial charge in [-0.05, 0) is 36.8 Å². The molecule has 3 aromatic heterocycles. The smallest absolute Gasteiger partial charge is 0.332 e. The van der Waals surface area contributed by atoms with Crippen molar-refractivity contribution >= 4 is 38.9 Å². The number of rotatable bonds is 4. The molecule has 184 valence electrons. The van der Waals surface area contributed by atoms with Crippen LogP contribution in [0.15, 0.2) is 52.3 Å². The molecule has 6 rings (SSSR count). The van der Waals surface area contributed by atoms with Crippen molar-refractivity contribution in [2.24, 2.45) is 12.8 Å². The normalized spacial score (nSPS) is 16.4. The summed E-state index contributed by atoms with van der Waals surface area (Å²) in [4.78, 5) is 43.2. The summed E-state index contributed by atoms with van der Waals surface area (Å²) in [6, 6.07) is 9.85. The fourth-order valence-electron chi connectivity index (χ4n) is 5.41. The van der Waals surface area contributed by atoms with Crippen molar-refractivity contribution in [3.8, 4) is 0 Å². The van der Waals surface area contributed by atoms with Crippen molar-refractivity contribution in [3.63, 3.8) is 0 Å². The fourth-order valence-corrected chi connectivity index (χ4v) is 5.41. The molecule has 5 aromatic rings. The predicted molar refractivity (Wildman–Crippen MR) is 140 cm³/mol. The Labute approximate surface area is 206 Å². The summed E-state index contributed by atoms with van der Waals surface area (Å²) in [7, 11) is 1.67. The molecular weight excluding hydrogens is 456 g/mol. The van der Waals surface area contributed by atoms with E-state index in [0.29, 0.717) is 30.2 Å². The van der Waals surface area contributed by atoms with Gasteiger partial charge in [-0.25, -0.2) is 4.79 Å². The van der Waals surface area contributed by atoms with Crippen LogP contribution >= 0.6 is 0 Å².